The number of hydrogen-bond donors (Lipinski definition) is 0. The fourth-order valence-electron chi connectivity index (χ4n) is 0.783. The van der Waals surface area contributed by atoms with Crippen molar-refractivity contribution in [1.29, 1.82) is 5.26 Å². The van der Waals surface area contributed by atoms with E-state index in [1.165, 1.54) is 37.4 Å². The third kappa shape index (κ3) is 9.58. The number of thiocyanates is 1. The zero-order chi connectivity index (χ0) is 8.36. The van der Waals surface area contributed by atoms with E-state index >= 15 is 0 Å². The van der Waals surface area contributed by atoms with Crippen molar-refractivity contribution in [1.82, 2.24) is 0 Å². The van der Waals surface area contributed by atoms with Crippen LogP contribution in [0.25, 0.3) is 0 Å². The first-order chi connectivity index (χ1) is 5.41. The highest BCUT2D eigenvalue weighted by Gasteiger charge is 1.81. The molecule has 2 heteroatoms. The summed E-state index contributed by atoms with van der Waals surface area (Å²) in [5, 5.41) is 10.2. The number of rotatable bonds is 6. The van der Waals surface area contributed by atoms with E-state index in [0.29, 0.717) is 0 Å². The average molecular weight is 169 g/mol. The van der Waals surface area contributed by atoms with Crippen LogP contribution in [-0.2, 0) is 0 Å². The summed E-state index contributed by atoms with van der Waals surface area (Å²) in [6.45, 7) is 2.20. The SMILES string of the molecule is CCCCCC=CCSC#N. The smallest absolute Gasteiger partial charge is 0.133 e. The minimum atomic E-state index is 0.836. The maximum atomic E-state index is 8.19. The molecule has 0 aliphatic heterocycles. The molecule has 0 saturated carbocycles. The first kappa shape index (κ1) is 10.6. The molecule has 0 N–H and O–H groups in total. The molecule has 0 unspecified atom stereocenters. The lowest BCUT2D eigenvalue weighted by Crippen LogP contribution is -1.71. The second-order valence-corrected chi connectivity index (χ2v) is 3.17. The van der Waals surface area contributed by atoms with Gasteiger partial charge < -0.3 is 0 Å². The van der Waals surface area contributed by atoms with Gasteiger partial charge in [-0.05, 0) is 24.6 Å². The predicted molar refractivity (Wildman–Crippen MR) is 51.4 cm³/mol. The maximum Gasteiger partial charge on any atom is 0.133 e. The summed E-state index contributed by atoms with van der Waals surface area (Å²) < 4.78 is 0. The van der Waals surface area contributed by atoms with E-state index in [2.05, 4.69) is 19.1 Å². The molecule has 0 bridgehead atoms. The second-order valence-electron chi connectivity index (χ2n) is 2.37. The van der Waals surface area contributed by atoms with Crippen molar-refractivity contribution in [3.05, 3.63) is 12.2 Å². The quantitative estimate of drug-likeness (QED) is 0.346. The molecular formula is C9H15NS. The molecule has 0 rings (SSSR count). The average Bonchev–Trinajstić information content (AvgIpc) is 2.03. The van der Waals surface area contributed by atoms with E-state index in [1.807, 2.05) is 5.40 Å². The van der Waals surface area contributed by atoms with E-state index in [9.17, 15) is 0 Å². The van der Waals surface area contributed by atoms with Crippen LogP contribution in [0.2, 0.25) is 0 Å². The van der Waals surface area contributed by atoms with Crippen molar-refractivity contribution in [2.24, 2.45) is 0 Å². The number of unbranched alkanes of at least 4 members (excludes halogenated alkanes) is 3. The molecule has 0 aromatic rings. The molecule has 0 atom stereocenters. The molecule has 0 aliphatic rings. The van der Waals surface area contributed by atoms with Crippen molar-refractivity contribution in [2.75, 3.05) is 5.75 Å². The lowest BCUT2D eigenvalue weighted by Gasteiger charge is -1.90. The van der Waals surface area contributed by atoms with E-state index in [-0.39, 0.29) is 0 Å². The van der Waals surface area contributed by atoms with Crippen LogP contribution in [0.4, 0.5) is 0 Å². The van der Waals surface area contributed by atoms with Crippen LogP contribution in [0.5, 0.6) is 0 Å². The van der Waals surface area contributed by atoms with Gasteiger partial charge in [0.2, 0.25) is 0 Å². The van der Waals surface area contributed by atoms with Gasteiger partial charge in [-0.15, -0.1) is 0 Å². The first-order valence-corrected chi connectivity index (χ1v) is 5.06. The highest BCUT2D eigenvalue weighted by molar-refractivity contribution is 8.03. The van der Waals surface area contributed by atoms with Crippen LogP contribution in [-0.4, -0.2) is 5.75 Å². The third-order valence-electron chi connectivity index (χ3n) is 1.39. The van der Waals surface area contributed by atoms with E-state index < -0.39 is 0 Å². The maximum absolute atomic E-state index is 8.19. The first-order valence-electron chi connectivity index (χ1n) is 4.07. The summed E-state index contributed by atoms with van der Waals surface area (Å²) in [5.74, 6) is 0.836. The van der Waals surface area contributed by atoms with Crippen molar-refractivity contribution < 1.29 is 0 Å². The van der Waals surface area contributed by atoms with Crippen molar-refractivity contribution in [2.45, 2.75) is 32.6 Å². The highest BCUT2D eigenvalue weighted by atomic mass is 32.2. The topological polar surface area (TPSA) is 23.8 Å². The van der Waals surface area contributed by atoms with Crippen molar-refractivity contribution in [3.8, 4) is 5.40 Å². The molecule has 0 aliphatic carbocycles. The van der Waals surface area contributed by atoms with Crippen LogP contribution in [0.15, 0.2) is 12.2 Å². The standard InChI is InChI=1S/C9H15NS/c1-2-3-4-5-6-7-8-11-9-10/h6-7H,2-5,8H2,1H3. The molecule has 1 nitrogen and oxygen atoms in total. The molecule has 0 aromatic carbocycles. The summed E-state index contributed by atoms with van der Waals surface area (Å²) in [7, 11) is 0. The molecule has 0 aromatic heterocycles. The molecule has 0 spiro atoms. The zero-order valence-corrected chi connectivity index (χ0v) is 7.86. The minimum Gasteiger partial charge on any atom is -0.185 e. The van der Waals surface area contributed by atoms with Gasteiger partial charge in [-0.2, -0.15) is 5.26 Å². The third-order valence-corrected chi connectivity index (χ3v) is 1.87. The Balaban J connectivity index is 2.98. The Morgan fingerprint density at radius 1 is 1.36 bits per heavy atom. The van der Waals surface area contributed by atoms with Crippen LogP contribution in [0.3, 0.4) is 0 Å². The van der Waals surface area contributed by atoms with Crippen LogP contribution in [0, 0.1) is 10.7 Å². The van der Waals surface area contributed by atoms with Gasteiger partial charge in [0, 0.05) is 5.75 Å². The summed E-state index contributed by atoms with van der Waals surface area (Å²) >= 11 is 1.29. The summed E-state index contributed by atoms with van der Waals surface area (Å²) in [4.78, 5) is 0. The molecule has 0 amide bonds. The van der Waals surface area contributed by atoms with Gasteiger partial charge in [-0.1, -0.05) is 31.9 Å². The Hall–Kier alpha value is -0.420. The van der Waals surface area contributed by atoms with Gasteiger partial charge in [-0.3, -0.25) is 0 Å². The van der Waals surface area contributed by atoms with Crippen molar-refractivity contribution in [3.63, 3.8) is 0 Å². The summed E-state index contributed by atoms with van der Waals surface area (Å²) in [6, 6.07) is 0. The van der Waals surface area contributed by atoms with Gasteiger partial charge in [0.05, 0.1) is 0 Å². The Morgan fingerprint density at radius 2 is 2.18 bits per heavy atom. The normalized spacial score (nSPS) is 10.2. The van der Waals surface area contributed by atoms with Crippen LogP contribution in [0.1, 0.15) is 32.6 Å². The number of nitriles is 1. The largest absolute Gasteiger partial charge is 0.185 e. The number of hydrogen-bond acceptors (Lipinski definition) is 2. The molecule has 0 radical (unpaired) electrons. The van der Waals surface area contributed by atoms with Gasteiger partial charge in [0.1, 0.15) is 5.40 Å². The number of thioether (sulfide) groups is 1. The number of nitrogens with zero attached hydrogens (tertiary/aromatic N) is 1. The van der Waals surface area contributed by atoms with Crippen molar-refractivity contribution >= 4 is 11.8 Å². The lowest BCUT2D eigenvalue weighted by atomic mass is 10.2. The van der Waals surface area contributed by atoms with Gasteiger partial charge in [-0.25, -0.2) is 0 Å². The molecule has 11 heavy (non-hydrogen) atoms. The predicted octanol–water partition coefficient (Wildman–Crippen LogP) is 3.34. The Kier molecular flexibility index (Phi) is 9.21. The molecule has 0 heterocycles. The van der Waals surface area contributed by atoms with Gasteiger partial charge in [0.25, 0.3) is 0 Å². The van der Waals surface area contributed by atoms with E-state index in [1.54, 1.807) is 0 Å². The number of allylic oxidation sites excluding steroid dienone is 1. The van der Waals surface area contributed by atoms with E-state index in [0.717, 1.165) is 5.75 Å². The monoisotopic (exact) mass is 169 g/mol. The fraction of sp³-hybridized carbons (Fsp3) is 0.667. The highest BCUT2D eigenvalue weighted by Crippen LogP contribution is 2.01. The lowest BCUT2D eigenvalue weighted by molar-refractivity contribution is 0.729. The molecule has 0 fully saturated rings. The van der Waals surface area contributed by atoms with Crippen LogP contribution < -0.4 is 0 Å². The Bertz CT molecular complexity index is 135. The summed E-state index contributed by atoms with van der Waals surface area (Å²) in [5.41, 5.74) is 0. The Morgan fingerprint density at radius 3 is 2.82 bits per heavy atom. The second kappa shape index (κ2) is 9.58. The van der Waals surface area contributed by atoms with Gasteiger partial charge in [0.15, 0.2) is 0 Å². The van der Waals surface area contributed by atoms with E-state index in [4.69, 9.17) is 5.26 Å². The fourth-order valence-corrected chi connectivity index (χ4v) is 1.09. The minimum absolute atomic E-state index is 0.836. The zero-order valence-electron chi connectivity index (χ0n) is 7.05. The summed E-state index contributed by atoms with van der Waals surface area (Å²) in [6.07, 6.45) is 9.28. The molecular weight excluding hydrogens is 154 g/mol. The molecule has 62 valence electrons. The van der Waals surface area contributed by atoms with Crippen LogP contribution >= 0.6 is 11.8 Å². The van der Waals surface area contributed by atoms with Gasteiger partial charge >= 0.3 is 0 Å². The molecule has 0 saturated heterocycles. The Labute approximate surface area is 73.5 Å².